The second-order valence-corrected chi connectivity index (χ2v) is 4.37. The van der Waals surface area contributed by atoms with Crippen molar-refractivity contribution in [2.75, 3.05) is 11.4 Å². The molecule has 0 atom stereocenters. The predicted molar refractivity (Wildman–Crippen MR) is 70.7 cm³/mol. The summed E-state index contributed by atoms with van der Waals surface area (Å²) in [6.45, 7) is 6.16. The molecule has 0 saturated carbocycles. The maximum absolute atomic E-state index is 11.9. The fourth-order valence-electron chi connectivity index (χ4n) is 2.18. The number of anilines is 1. The lowest BCUT2D eigenvalue weighted by Crippen LogP contribution is -2.30. The molecule has 3 heteroatoms. The highest BCUT2D eigenvalue weighted by Gasteiger charge is 2.36. The second kappa shape index (κ2) is 4.66. The third-order valence-corrected chi connectivity index (χ3v) is 3.29. The van der Waals surface area contributed by atoms with Crippen molar-refractivity contribution in [1.82, 2.24) is 0 Å². The first-order valence-corrected chi connectivity index (χ1v) is 5.94. The van der Waals surface area contributed by atoms with Crippen molar-refractivity contribution in [2.24, 2.45) is 0 Å². The minimum Gasteiger partial charge on any atom is -0.304 e. The van der Waals surface area contributed by atoms with E-state index in [1.54, 1.807) is 17.9 Å². The number of hydrogen-bond acceptors (Lipinski definition) is 2. The normalized spacial score (nSPS) is 13.4. The lowest BCUT2D eigenvalue weighted by molar-refractivity contribution is -0.114. The van der Waals surface area contributed by atoms with Gasteiger partial charge in [0.15, 0.2) is 0 Å². The van der Waals surface area contributed by atoms with Gasteiger partial charge in [-0.3, -0.25) is 9.59 Å². The number of benzene rings is 1. The molecule has 0 unspecified atom stereocenters. The first kappa shape index (κ1) is 12.4. The standard InChI is InChI=1S/C15H15NO2/c1-4-5-6-9-16-13-11(3)10(2)7-8-12(13)14(17)15(16)18/h7-8H,6,9H2,1-3H3. The zero-order chi connectivity index (χ0) is 13.3. The topological polar surface area (TPSA) is 37.4 Å². The van der Waals surface area contributed by atoms with Gasteiger partial charge in [-0.2, -0.15) is 0 Å². The van der Waals surface area contributed by atoms with Crippen LogP contribution in [0.5, 0.6) is 0 Å². The van der Waals surface area contributed by atoms with Gasteiger partial charge >= 0.3 is 0 Å². The number of nitrogens with zero attached hydrogens (tertiary/aromatic N) is 1. The highest BCUT2D eigenvalue weighted by molar-refractivity contribution is 6.52. The molecule has 2 rings (SSSR count). The molecule has 0 N–H and O–H groups in total. The van der Waals surface area contributed by atoms with Gasteiger partial charge in [-0.05, 0) is 38.0 Å². The maximum atomic E-state index is 11.9. The molecule has 0 bridgehead atoms. The van der Waals surface area contributed by atoms with E-state index >= 15 is 0 Å². The van der Waals surface area contributed by atoms with Gasteiger partial charge in [-0.1, -0.05) is 6.07 Å². The molecule has 92 valence electrons. The van der Waals surface area contributed by atoms with Gasteiger partial charge in [0.25, 0.3) is 11.7 Å². The quantitative estimate of drug-likeness (QED) is 0.588. The van der Waals surface area contributed by atoms with Gasteiger partial charge in [-0.25, -0.2) is 0 Å². The number of rotatable bonds is 2. The number of amides is 1. The van der Waals surface area contributed by atoms with Gasteiger partial charge < -0.3 is 4.90 Å². The van der Waals surface area contributed by atoms with Gasteiger partial charge in [0, 0.05) is 13.0 Å². The van der Waals surface area contributed by atoms with Crippen molar-refractivity contribution in [1.29, 1.82) is 0 Å². The Bertz CT molecular complexity index is 590. The third-order valence-electron chi connectivity index (χ3n) is 3.29. The maximum Gasteiger partial charge on any atom is 0.299 e. The Morgan fingerprint density at radius 3 is 2.61 bits per heavy atom. The lowest BCUT2D eigenvalue weighted by Gasteiger charge is -2.18. The van der Waals surface area contributed by atoms with Crippen LogP contribution >= 0.6 is 0 Å². The number of Topliss-reactive ketones (excluding diaryl/α,β-unsaturated/α-hetero) is 1. The van der Waals surface area contributed by atoms with Crippen molar-refractivity contribution in [3.8, 4) is 11.8 Å². The summed E-state index contributed by atoms with van der Waals surface area (Å²) in [6.07, 6.45) is 0.586. The summed E-state index contributed by atoms with van der Waals surface area (Å²) in [5.74, 6) is 4.88. The monoisotopic (exact) mass is 241 g/mol. The molecule has 0 radical (unpaired) electrons. The molecule has 3 nitrogen and oxygen atoms in total. The van der Waals surface area contributed by atoms with E-state index in [2.05, 4.69) is 11.8 Å². The van der Waals surface area contributed by atoms with E-state index in [4.69, 9.17) is 0 Å². The first-order valence-electron chi connectivity index (χ1n) is 5.94. The molecular weight excluding hydrogens is 226 g/mol. The highest BCUT2D eigenvalue weighted by atomic mass is 16.2. The Morgan fingerprint density at radius 2 is 1.94 bits per heavy atom. The van der Waals surface area contributed by atoms with E-state index < -0.39 is 11.7 Å². The average Bonchev–Trinajstić information content (AvgIpc) is 2.60. The van der Waals surface area contributed by atoms with Crippen LogP contribution in [0, 0.1) is 25.7 Å². The van der Waals surface area contributed by atoms with E-state index in [0.29, 0.717) is 18.5 Å². The molecule has 1 aliphatic rings. The Hall–Kier alpha value is -2.08. The number of fused-ring (bicyclic) bond motifs is 1. The Kier molecular flexibility index (Phi) is 3.20. The highest BCUT2D eigenvalue weighted by Crippen LogP contribution is 2.33. The number of ketones is 1. The van der Waals surface area contributed by atoms with Gasteiger partial charge in [0.05, 0.1) is 11.3 Å². The summed E-state index contributed by atoms with van der Waals surface area (Å²) in [7, 11) is 0. The summed E-state index contributed by atoms with van der Waals surface area (Å²) < 4.78 is 0. The van der Waals surface area contributed by atoms with Crippen LogP contribution in [0.4, 0.5) is 5.69 Å². The van der Waals surface area contributed by atoms with Crippen LogP contribution in [0.2, 0.25) is 0 Å². The fraction of sp³-hybridized carbons (Fsp3) is 0.333. The summed E-state index contributed by atoms with van der Waals surface area (Å²) in [6, 6.07) is 3.62. The number of carbonyl (C=O) groups excluding carboxylic acids is 2. The summed E-state index contributed by atoms with van der Waals surface area (Å²) in [5, 5.41) is 0. The van der Waals surface area contributed by atoms with Crippen LogP contribution in [-0.4, -0.2) is 18.2 Å². The predicted octanol–water partition coefficient (Wildman–Crippen LogP) is 2.25. The average molecular weight is 241 g/mol. The molecule has 1 amide bonds. The Labute approximate surface area is 107 Å². The van der Waals surface area contributed by atoms with Crippen molar-refractivity contribution in [3.05, 3.63) is 28.8 Å². The van der Waals surface area contributed by atoms with E-state index in [1.807, 2.05) is 19.9 Å². The Balaban J connectivity index is 2.45. The van der Waals surface area contributed by atoms with E-state index in [9.17, 15) is 9.59 Å². The van der Waals surface area contributed by atoms with Gasteiger partial charge in [-0.15, -0.1) is 11.8 Å². The van der Waals surface area contributed by atoms with Crippen molar-refractivity contribution in [3.63, 3.8) is 0 Å². The molecule has 0 saturated heterocycles. The molecule has 0 fully saturated rings. The SMILES string of the molecule is CC#CCCN1C(=O)C(=O)c2ccc(C)c(C)c21. The van der Waals surface area contributed by atoms with E-state index in [1.165, 1.54) is 0 Å². The smallest absolute Gasteiger partial charge is 0.299 e. The van der Waals surface area contributed by atoms with Crippen LogP contribution in [0.3, 0.4) is 0 Å². The Morgan fingerprint density at radius 1 is 1.22 bits per heavy atom. The second-order valence-electron chi connectivity index (χ2n) is 4.37. The molecule has 1 aliphatic heterocycles. The van der Waals surface area contributed by atoms with E-state index in [-0.39, 0.29) is 0 Å². The van der Waals surface area contributed by atoms with E-state index in [0.717, 1.165) is 16.8 Å². The minimum atomic E-state index is -0.434. The largest absolute Gasteiger partial charge is 0.304 e. The van der Waals surface area contributed by atoms with Gasteiger partial charge in [0.1, 0.15) is 0 Å². The molecule has 0 aliphatic carbocycles. The molecule has 18 heavy (non-hydrogen) atoms. The number of aryl methyl sites for hydroxylation is 1. The molecule has 1 aromatic carbocycles. The summed E-state index contributed by atoms with van der Waals surface area (Å²) in [5.41, 5.74) is 3.37. The lowest BCUT2D eigenvalue weighted by atomic mass is 10.0. The van der Waals surface area contributed by atoms with Crippen LogP contribution in [-0.2, 0) is 4.79 Å². The third kappa shape index (κ3) is 1.80. The van der Waals surface area contributed by atoms with Crippen molar-refractivity contribution >= 4 is 17.4 Å². The van der Waals surface area contributed by atoms with Crippen LogP contribution in [0.15, 0.2) is 12.1 Å². The number of carbonyl (C=O) groups is 2. The fourth-order valence-corrected chi connectivity index (χ4v) is 2.18. The first-order chi connectivity index (χ1) is 8.57. The zero-order valence-electron chi connectivity index (χ0n) is 10.8. The van der Waals surface area contributed by atoms with Crippen LogP contribution in [0.1, 0.15) is 34.8 Å². The van der Waals surface area contributed by atoms with Crippen molar-refractivity contribution in [2.45, 2.75) is 27.2 Å². The molecule has 1 aromatic rings. The van der Waals surface area contributed by atoms with Crippen LogP contribution in [0.25, 0.3) is 0 Å². The molecule has 1 heterocycles. The van der Waals surface area contributed by atoms with Gasteiger partial charge in [0.2, 0.25) is 0 Å². The summed E-state index contributed by atoms with van der Waals surface area (Å²) in [4.78, 5) is 25.4. The molecule has 0 aromatic heterocycles. The minimum absolute atomic E-state index is 0.405. The van der Waals surface area contributed by atoms with Crippen molar-refractivity contribution < 1.29 is 9.59 Å². The zero-order valence-corrected chi connectivity index (χ0v) is 10.8. The van der Waals surface area contributed by atoms with Crippen LogP contribution < -0.4 is 4.90 Å². The molecular formula is C15H15NO2. The summed E-state index contributed by atoms with van der Waals surface area (Å²) >= 11 is 0. The number of hydrogen-bond donors (Lipinski definition) is 0. The molecule has 0 spiro atoms.